The molecule has 0 spiro atoms. The maximum absolute atomic E-state index is 9.55. The van der Waals surface area contributed by atoms with Crippen LogP contribution >= 0.6 is 15.9 Å². The van der Waals surface area contributed by atoms with Crippen molar-refractivity contribution in [2.45, 2.75) is 6.92 Å². The molecular formula is C9H7BrN2O2. The summed E-state index contributed by atoms with van der Waals surface area (Å²) in [5.74, 6) is 0.914. The lowest BCUT2D eigenvalue weighted by Crippen LogP contribution is -1.79. The molecular weight excluding hydrogens is 248 g/mol. The predicted molar refractivity (Wildman–Crippen MR) is 53.8 cm³/mol. The topological polar surface area (TPSA) is 59.2 Å². The maximum atomic E-state index is 9.55. The number of hydrogen-bond donors (Lipinski definition) is 1. The summed E-state index contributed by atoms with van der Waals surface area (Å²) in [4.78, 5) is 0. The quantitative estimate of drug-likeness (QED) is 0.850. The normalized spacial score (nSPS) is 10.4. The number of phenolic OH excluding ortho intramolecular Hbond substituents is 1. The van der Waals surface area contributed by atoms with E-state index in [1.807, 2.05) is 0 Å². The number of rotatable bonds is 1. The lowest BCUT2D eigenvalue weighted by molar-refractivity contribution is 0.471. The molecule has 0 fully saturated rings. The molecule has 4 nitrogen and oxygen atoms in total. The third-order valence-corrected chi connectivity index (χ3v) is 2.21. The van der Waals surface area contributed by atoms with Gasteiger partial charge in [-0.05, 0) is 18.2 Å². The van der Waals surface area contributed by atoms with E-state index >= 15 is 0 Å². The minimum atomic E-state index is 0.122. The molecule has 0 saturated carbocycles. The largest absolute Gasteiger partial charge is 0.507 e. The molecule has 2 aromatic rings. The van der Waals surface area contributed by atoms with Gasteiger partial charge in [-0.25, -0.2) is 0 Å². The molecule has 1 aromatic heterocycles. The van der Waals surface area contributed by atoms with Gasteiger partial charge in [0.1, 0.15) is 5.75 Å². The van der Waals surface area contributed by atoms with Crippen molar-refractivity contribution in [2.24, 2.45) is 0 Å². The molecule has 1 heterocycles. The highest BCUT2D eigenvalue weighted by Crippen LogP contribution is 2.30. The Labute approximate surface area is 88.7 Å². The highest BCUT2D eigenvalue weighted by Gasteiger charge is 2.10. The first-order chi connectivity index (χ1) is 6.66. The van der Waals surface area contributed by atoms with Crippen LogP contribution in [0.1, 0.15) is 5.89 Å². The zero-order valence-corrected chi connectivity index (χ0v) is 8.95. The van der Waals surface area contributed by atoms with Gasteiger partial charge in [0.15, 0.2) is 0 Å². The number of aryl methyl sites for hydroxylation is 1. The van der Waals surface area contributed by atoms with Crippen LogP contribution in [0.5, 0.6) is 5.75 Å². The predicted octanol–water partition coefficient (Wildman–Crippen LogP) is 2.51. The summed E-state index contributed by atoms with van der Waals surface area (Å²) in [7, 11) is 0. The van der Waals surface area contributed by atoms with E-state index in [0.717, 1.165) is 4.47 Å². The number of halogens is 1. The number of aromatic hydroxyl groups is 1. The molecule has 0 aliphatic heterocycles. The molecule has 72 valence electrons. The van der Waals surface area contributed by atoms with Gasteiger partial charge in [-0.15, -0.1) is 10.2 Å². The van der Waals surface area contributed by atoms with Gasteiger partial charge in [0.2, 0.25) is 5.89 Å². The van der Waals surface area contributed by atoms with E-state index in [-0.39, 0.29) is 5.75 Å². The van der Waals surface area contributed by atoms with Crippen molar-refractivity contribution in [3.8, 4) is 17.2 Å². The Bertz CT molecular complexity index is 468. The van der Waals surface area contributed by atoms with Gasteiger partial charge in [0.05, 0.1) is 5.56 Å². The van der Waals surface area contributed by atoms with Gasteiger partial charge in [-0.1, -0.05) is 15.9 Å². The third-order valence-electron chi connectivity index (χ3n) is 1.72. The SMILES string of the molecule is Cc1nnc(-c2cc(Br)ccc2O)o1. The van der Waals surface area contributed by atoms with Crippen LogP contribution in [-0.2, 0) is 0 Å². The van der Waals surface area contributed by atoms with Crippen LogP contribution < -0.4 is 0 Å². The Balaban J connectivity index is 2.55. The average Bonchev–Trinajstić information content (AvgIpc) is 2.56. The van der Waals surface area contributed by atoms with Crippen molar-refractivity contribution in [1.82, 2.24) is 10.2 Å². The van der Waals surface area contributed by atoms with Gasteiger partial charge >= 0.3 is 0 Å². The maximum Gasteiger partial charge on any atom is 0.251 e. The standard InChI is InChI=1S/C9H7BrN2O2/c1-5-11-12-9(14-5)7-4-6(10)2-3-8(7)13/h2-4,13H,1H3. The van der Waals surface area contributed by atoms with E-state index in [1.54, 1.807) is 25.1 Å². The number of nitrogens with zero attached hydrogens (tertiary/aromatic N) is 2. The molecule has 0 aliphatic rings. The van der Waals surface area contributed by atoms with Crippen molar-refractivity contribution < 1.29 is 9.52 Å². The van der Waals surface area contributed by atoms with Crippen molar-refractivity contribution in [1.29, 1.82) is 0 Å². The summed E-state index contributed by atoms with van der Waals surface area (Å²) >= 11 is 3.30. The number of phenols is 1. The summed E-state index contributed by atoms with van der Waals surface area (Å²) in [5.41, 5.74) is 0.528. The molecule has 0 radical (unpaired) electrons. The van der Waals surface area contributed by atoms with Gasteiger partial charge in [-0.2, -0.15) is 0 Å². The summed E-state index contributed by atoms with van der Waals surface area (Å²) in [6.45, 7) is 1.70. The zero-order valence-electron chi connectivity index (χ0n) is 7.36. The lowest BCUT2D eigenvalue weighted by Gasteiger charge is -1.99. The Morgan fingerprint density at radius 3 is 2.79 bits per heavy atom. The van der Waals surface area contributed by atoms with E-state index in [1.165, 1.54) is 0 Å². The van der Waals surface area contributed by atoms with Crippen molar-refractivity contribution in [3.05, 3.63) is 28.6 Å². The lowest BCUT2D eigenvalue weighted by atomic mass is 10.2. The Morgan fingerprint density at radius 1 is 1.36 bits per heavy atom. The van der Waals surface area contributed by atoms with E-state index in [0.29, 0.717) is 17.3 Å². The Kier molecular flexibility index (Phi) is 2.25. The number of benzene rings is 1. The average molecular weight is 255 g/mol. The zero-order chi connectivity index (χ0) is 10.1. The van der Waals surface area contributed by atoms with Crippen LogP contribution in [0.2, 0.25) is 0 Å². The number of hydrogen-bond acceptors (Lipinski definition) is 4. The van der Waals surface area contributed by atoms with Crippen LogP contribution in [-0.4, -0.2) is 15.3 Å². The molecule has 1 aromatic carbocycles. The van der Waals surface area contributed by atoms with Gasteiger partial charge in [-0.3, -0.25) is 0 Å². The molecule has 2 rings (SSSR count). The monoisotopic (exact) mass is 254 g/mol. The Morgan fingerprint density at radius 2 is 2.14 bits per heavy atom. The first-order valence-electron chi connectivity index (χ1n) is 3.96. The van der Waals surface area contributed by atoms with Gasteiger partial charge in [0.25, 0.3) is 5.89 Å². The van der Waals surface area contributed by atoms with Crippen molar-refractivity contribution in [3.63, 3.8) is 0 Å². The van der Waals surface area contributed by atoms with E-state index < -0.39 is 0 Å². The molecule has 1 N–H and O–H groups in total. The first kappa shape index (κ1) is 9.21. The summed E-state index contributed by atoms with van der Waals surface area (Å²) in [6.07, 6.45) is 0. The molecule has 0 unspecified atom stereocenters. The molecule has 0 aliphatic carbocycles. The summed E-state index contributed by atoms with van der Waals surface area (Å²) < 4.78 is 6.05. The van der Waals surface area contributed by atoms with E-state index in [2.05, 4.69) is 26.1 Å². The number of aromatic nitrogens is 2. The van der Waals surface area contributed by atoms with Crippen molar-refractivity contribution in [2.75, 3.05) is 0 Å². The van der Waals surface area contributed by atoms with Gasteiger partial charge < -0.3 is 9.52 Å². The first-order valence-corrected chi connectivity index (χ1v) is 4.75. The molecule has 0 bridgehead atoms. The smallest absolute Gasteiger partial charge is 0.251 e. The minimum Gasteiger partial charge on any atom is -0.507 e. The molecule has 5 heteroatoms. The van der Waals surface area contributed by atoms with Crippen LogP contribution in [0.4, 0.5) is 0 Å². The third kappa shape index (κ3) is 1.63. The van der Waals surface area contributed by atoms with Crippen molar-refractivity contribution >= 4 is 15.9 Å². The molecule has 0 saturated heterocycles. The second-order valence-corrected chi connectivity index (χ2v) is 3.70. The fourth-order valence-corrected chi connectivity index (χ4v) is 1.45. The highest BCUT2D eigenvalue weighted by atomic mass is 79.9. The van der Waals surface area contributed by atoms with Crippen LogP contribution in [0.25, 0.3) is 11.5 Å². The van der Waals surface area contributed by atoms with Gasteiger partial charge in [0, 0.05) is 11.4 Å². The summed E-state index contributed by atoms with van der Waals surface area (Å²) in [6, 6.07) is 5.03. The second kappa shape index (κ2) is 3.42. The highest BCUT2D eigenvalue weighted by molar-refractivity contribution is 9.10. The Hall–Kier alpha value is -1.36. The fourth-order valence-electron chi connectivity index (χ4n) is 1.08. The van der Waals surface area contributed by atoms with Crippen LogP contribution in [0, 0.1) is 6.92 Å². The molecule has 14 heavy (non-hydrogen) atoms. The van der Waals surface area contributed by atoms with Crippen LogP contribution in [0.3, 0.4) is 0 Å². The molecule has 0 atom stereocenters. The molecule has 0 amide bonds. The van der Waals surface area contributed by atoms with E-state index in [9.17, 15) is 5.11 Å². The van der Waals surface area contributed by atoms with E-state index in [4.69, 9.17) is 4.42 Å². The fraction of sp³-hybridized carbons (Fsp3) is 0.111. The minimum absolute atomic E-state index is 0.122. The summed E-state index contributed by atoms with van der Waals surface area (Å²) in [5, 5.41) is 17.1. The van der Waals surface area contributed by atoms with Crippen LogP contribution in [0.15, 0.2) is 27.1 Å². The second-order valence-electron chi connectivity index (χ2n) is 2.79.